The van der Waals surface area contributed by atoms with Crippen LogP contribution in [0.5, 0.6) is 0 Å². The summed E-state index contributed by atoms with van der Waals surface area (Å²) in [5.74, 6) is -0.758. The molecule has 1 atom stereocenters. The molecule has 1 saturated carbocycles. The number of carbonyl (C=O) groups is 3. The Balaban J connectivity index is 0.00000166. The molecule has 0 radical (unpaired) electrons. The summed E-state index contributed by atoms with van der Waals surface area (Å²) in [6.45, 7) is 3.42. The number of pyridine rings is 1. The molecule has 1 aromatic heterocycles. The Kier molecular flexibility index (Phi) is 9.00. The van der Waals surface area contributed by atoms with Crippen LogP contribution >= 0.6 is 11.6 Å². The lowest BCUT2D eigenvalue weighted by Crippen LogP contribution is -2.54. The number of halogens is 1. The van der Waals surface area contributed by atoms with Crippen LogP contribution in [0.1, 0.15) is 55.5 Å². The number of hydrogen-bond acceptors (Lipinski definition) is 6. The maximum Gasteiger partial charge on any atom is 0.413 e. The number of esters is 1. The summed E-state index contributed by atoms with van der Waals surface area (Å²) in [7, 11) is 1.50. The molecule has 0 N–H and O–H groups in total. The van der Waals surface area contributed by atoms with Crippen molar-refractivity contribution in [1.29, 1.82) is 0 Å². The third-order valence-corrected chi connectivity index (χ3v) is 5.42. The topological polar surface area (TPSA) is 85.8 Å². The zero-order chi connectivity index (χ0) is 22.9. The smallest absolute Gasteiger partial charge is 0.413 e. The average Bonchev–Trinajstić information content (AvgIpc) is 2.81. The highest BCUT2D eigenvalue weighted by Gasteiger charge is 2.48. The van der Waals surface area contributed by atoms with E-state index in [-0.39, 0.29) is 11.3 Å². The van der Waals surface area contributed by atoms with Crippen molar-refractivity contribution < 1.29 is 23.9 Å². The fourth-order valence-corrected chi connectivity index (χ4v) is 3.87. The molecule has 1 unspecified atom stereocenters. The van der Waals surface area contributed by atoms with Crippen LogP contribution in [0.3, 0.4) is 0 Å². The van der Waals surface area contributed by atoms with E-state index in [0.717, 1.165) is 12.8 Å². The number of aromatic nitrogens is 1. The third-order valence-electron chi connectivity index (χ3n) is 5.09. The molecule has 1 aliphatic rings. The first kappa shape index (κ1) is 24.3. The molecule has 1 heterocycles. The molecule has 8 heteroatoms. The zero-order valence-corrected chi connectivity index (χ0v) is 18.7. The van der Waals surface area contributed by atoms with Crippen molar-refractivity contribution >= 4 is 29.4 Å². The molecule has 0 spiro atoms. The molecule has 1 aromatic carbocycles. The molecular weight excluding hydrogens is 420 g/mol. The molecular formula is C23H27ClN2O5. The number of nitrogens with zero attached hydrogens (tertiary/aromatic N) is 2. The minimum atomic E-state index is -1.21. The standard InChI is InChI=1S/C21H21ClN2O5.C2H6/c1-24(20(27)29-14-28-19(26)15-7-6-12-23-13-15)21(11-5-4-10-18(21)25)16-8-2-3-9-17(16)22;1-2/h2-3,6-9,12-13H,4-5,10-11,14H2,1H3;1-2H3. The van der Waals surface area contributed by atoms with Gasteiger partial charge in [-0.2, -0.15) is 0 Å². The van der Waals surface area contributed by atoms with Crippen LogP contribution in [-0.4, -0.2) is 41.6 Å². The number of benzene rings is 1. The van der Waals surface area contributed by atoms with Crippen molar-refractivity contribution in [2.24, 2.45) is 0 Å². The van der Waals surface area contributed by atoms with Gasteiger partial charge in [0.05, 0.1) is 5.56 Å². The highest BCUT2D eigenvalue weighted by atomic mass is 35.5. The van der Waals surface area contributed by atoms with Crippen molar-refractivity contribution in [3.8, 4) is 0 Å². The van der Waals surface area contributed by atoms with E-state index < -0.39 is 24.4 Å². The van der Waals surface area contributed by atoms with Crippen molar-refractivity contribution in [2.45, 2.75) is 45.1 Å². The van der Waals surface area contributed by atoms with E-state index in [9.17, 15) is 14.4 Å². The maximum atomic E-state index is 13.0. The van der Waals surface area contributed by atoms with Gasteiger partial charge in [-0.15, -0.1) is 0 Å². The molecule has 1 amide bonds. The maximum absolute atomic E-state index is 13.0. The number of ether oxygens (including phenoxy) is 2. The second kappa shape index (κ2) is 11.5. The van der Waals surface area contributed by atoms with Crippen molar-refractivity contribution in [1.82, 2.24) is 9.88 Å². The first-order valence-corrected chi connectivity index (χ1v) is 10.6. The predicted octanol–water partition coefficient (Wildman–Crippen LogP) is 4.98. The van der Waals surface area contributed by atoms with Gasteiger partial charge in [-0.3, -0.25) is 14.7 Å². The Labute approximate surface area is 187 Å². The van der Waals surface area contributed by atoms with Crippen LogP contribution < -0.4 is 0 Å². The molecule has 1 fully saturated rings. The van der Waals surface area contributed by atoms with Crippen LogP contribution in [0.4, 0.5) is 4.79 Å². The molecule has 0 saturated heterocycles. The van der Waals surface area contributed by atoms with Gasteiger partial charge in [-0.05, 0) is 37.5 Å². The largest absolute Gasteiger partial charge is 0.424 e. The molecule has 166 valence electrons. The summed E-state index contributed by atoms with van der Waals surface area (Å²) in [5.41, 5.74) is -0.397. The minimum Gasteiger partial charge on any atom is -0.424 e. The number of likely N-dealkylation sites (N-methyl/N-ethyl adjacent to an activating group) is 1. The van der Waals surface area contributed by atoms with Gasteiger partial charge in [0, 0.05) is 36.4 Å². The monoisotopic (exact) mass is 446 g/mol. The molecule has 31 heavy (non-hydrogen) atoms. The summed E-state index contributed by atoms with van der Waals surface area (Å²) >= 11 is 6.37. The van der Waals surface area contributed by atoms with E-state index in [0.29, 0.717) is 23.4 Å². The number of hydrogen-bond donors (Lipinski definition) is 0. The molecule has 2 aromatic rings. The van der Waals surface area contributed by atoms with Crippen molar-refractivity contribution in [3.63, 3.8) is 0 Å². The molecule has 0 aliphatic heterocycles. The first-order chi connectivity index (χ1) is 15.0. The third kappa shape index (κ3) is 5.41. The summed E-state index contributed by atoms with van der Waals surface area (Å²) in [4.78, 5) is 42.7. The van der Waals surface area contributed by atoms with Crippen LogP contribution in [0.2, 0.25) is 5.02 Å². The first-order valence-electron chi connectivity index (χ1n) is 10.2. The van der Waals surface area contributed by atoms with Crippen LogP contribution in [0.25, 0.3) is 0 Å². The molecule has 1 aliphatic carbocycles. The van der Waals surface area contributed by atoms with Crippen LogP contribution in [0, 0.1) is 0 Å². The Morgan fingerprint density at radius 2 is 1.87 bits per heavy atom. The quantitative estimate of drug-likeness (QED) is 0.475. The van der Waals surface area contributed by atoms with Gasteiger partial charge in [0.2, 0.25) is 6.79 Å². The van der Waals surface area contributed by atoms with Gasteiger partial charge in [0.1, 0.15) is 5.54 Å². The second-order valence-electron chi connectivity index (χ2n) is 6.73. The van der Waals surface area contributed by atoms with E-state index in [1.165, 1.54) is 30.4 Å². The van der Waals surface area contributed by atoms with E-state index in [2.05, 4.69) is 4.98 Å². The highest BCUT2D eigenvalue weighted by Crippen LogP contribution is 2.42. The van der Waals surface area contributed by atoms with Gasteiger partial charge in [0.15, 0.2) is 5.78 Å². The lowest BCUT2D eigenvalue weighted by molar-refractivity contribution is -0.133. The summed E-state index contributed by atoms with van der Waals surface area (Å²) in [5, 5.41) is 0.408. The zero-order valence-electron chi connectivity index (χ0n) is 18.0. The van der Waals surface area contributed by atoms with E-state index in [1.54, 1.807) is 30.3 Å². The van der Waals surface area contributed by atoms with Gasteiger partial charge in [-0.1, -0.05) is 43.6 Å². The highest BCUT2D eigenvalue weighted by molar-refractivity contribution is 6.31. The fraction of sp³-hybridized carbons (Fsp3) is 0.391. The van der Waals surface area contributed by atoms with Crippen LogP contribution in [0.15, 0.2) is 48.8 Å². The number of amides is 1. The normalized spacial score (nSPS) is 17.7. The number of Topliss-reactive ketones (excluding diaryl/α,β-unsaturated/α-hetero) is 1. The lowest BCUT2D eigenvalue weighted by atomic mass is 9.74. The van der Waals surface area contributed by atoms with E-state index >= 15 is 0 Å². The van der Waals surface area contributed by atoms with E-state index in [1.807, 2.05) is 13.8 Å². The Bertz CT molecular complexity index is 906. The Hall–Kier alpha value is -2.93. The van der Waals surface area contributed by atoms with Gasteiger partial charge in [-0.25, -0.2) is 9.59 Å². The average molecular weight is 447 g/mol. The van der Waals surface area contributed by atoms with E-state index in [4.69, 9.17) is 21.1 Å². The Morgan fingerprint density at radius 1 is 1.13 bits per heavy atom. The van der Waals surface area contributed by atoms with Gasteiger partial charge in [0.25, 0.3) is 0 Å². The number of carbonyl (C=O) groups excluding carboxylic acids is 3. The minimum absolute atomic E-state index is 0.0938. The summed E-state index contributed by atoms with van der Waals surface area (Å²) in [6.07, 6.45) is 4.42. The fourth-order valence-electron chi connectivity index (χ4n) is 3.58. The number of ketones is 1. The van der Waals surface area contributed by atoms with Gasteiger partial charge >= 0.3 is 12.1 Å². The molecule has 0 bridgehead atoms. The van der Waals surface area contributed by atoms with Gasteiger partial charge < -0.3 is 9.47 Å². The van der Waals surface area contributed by atoms with Crippen molar-refractivity contribution in [2.75, 3.05) is 13.8 Å². The summed E-state index contributed by atoms with van der Waals surface area (Å²) in [6, 6.07) is 10.1. The lowest BCUT2D eigenvalue weighted by Gasteiger charge is -2.43. The second-order valence-corrected chi connectivity index (χ2v) is 7.14. The van der Waals surface area contributed by atoms with Crippen LogP contribution in [-0.2, 0) is 19.8 Å². The van der Waals surface area contributed by atoms with Crippen molar-refractivity contribution in [3.05, 3.63) is 64.9 Å². The predicted molar refractivity (Wildman–Crippen MR) is 117 cm³/mol. The molecule has 7 nitrogen and oxygen atoms in total. The SMILES string of the molecule is CC.CN(C(=O)OCOC(=O)c1cccnc1)C1(c2ccccc2Cl)CCCCC1=O. The Morgan fingerprint density at radius 3 is 2.52 bits per heavy atom. The summed E-state index contributed by atoms with van der Waals surface area (Å²) < 4.78 is 10.1. The number of rotatable bonds is 5. The molecule has 3 rings (SSSR count).